The van der Waals surface area contributed by atoms with Crippen molar-refractivity contribution in [2.24, 2.45) is 0 Å². The van der Waals surface area contributed by atoms with E-state index in [1.54, 1.807) is 0 Å². The summed E-state index contributed by atoms with van der Waals surface area (Å²) in [5, 5.41) is 3.09. The molecule has 0 aromatic rings. The first-order valence-corrected chi connectivity index (χ1v) is 4.97. The van der Waals surface area contributed by atoms with Crippen molar-refractivity contribution in [1.82, 2.24) is 10.0 Å². The van der Waals surface area contributed by atoms with Gasteiger partial charge < -0.3 is 5.32 Å². The standard InChI is InChI=1S/C5H10N2O2S2/c8-11(9)7-5(10)4-2-1-3-6-4/h4,6,11H,1-3H2,(H,7,8,9,10)/t4-/m0/s1. The van der Waals surface area contributed by atoms with Gasteiger partial charge in [0.2, 0.25) is 10.9 Å². The van der Waals surface area contributed by atoms with E-state index in [1.165, 1.54) is 0 Å². The summed E-state index contributed by atoms with van der Waals surface area (Å²) in [6, 6.07) is 0.0536. The van der Waals surface area contributed by atoms with Gasteiger partial charge in [0.25, 0.3) is 0 Å². The topological polar surface area (TPSA) is 58.2 Å². The molecule has 1 aliphatic rings. The lowest BCUT2D eigenvalue weighted by atomic mass is 10.2. The van der Waals surface area contributed by atoms with Crippen molar-refractivity contribution >= 4 is 28.1 Å². The van der Waals surface area contributed by atoms with Crippen molar-refractivity contribution in [2.45, 2.75) is 18.9 Å². The second-order valence-electron chi connectivity index (χ2n) is 2.38. The molecule has 0 amide bonds. The third-order valence-corrected chi connectivity index (χ3v) is 2.54. The molecule has 6 heteroatoms. The van der Waals surface area contributed by atoms with Gasteiger partial charge in [-0.15, -0.1) is 0 Å². The van der Waals surface area contributed by atoms with E-state index >= 15 is 0 Å². The van der Waals surface area contributed by atoms with Crippen LogP contribution < -0.4 is 10.0 Å². The van der Waals surface area contributed by atoms with Gasteiger partial charge in [-0.25, -0.2) is 8.42 Å². The van der Waals surface area contributed by atoms with Gasteiger partial charge in [0.1, 0.15) is 4.99 Å². The highest BCUT2D eigenvalue weighted by molar-refractivity contribution is 7.82. The summed E-state index contributed by atoms with van der Waals surface area (Å²) < 4.78 is 22.6. The quantitative estimate of drug-likeness (QED) is 0.397. The number of thiol groups is 1. The number of nitrogens with one attached hydrogen (secondary N) is 2. The van der Waals surface area contributed by atoms with Gasteiger partial charge >= 0.3 is 0 Å². The molecule has 1 aliphatic heterocycles. The molecule has 0 aromatic carbocycles. The van der Waals surface area contributed by atoms with Crippen LogP contribution in [0, 0.1) is 0 Å². The van der Waals surface area contributed by atoms with Crippen LogP contribution in [0.2, 0.25) is 0 Å². The van der Waals surface area contributed by atoms with Gasteiger partial charge in [-0.1, -0.05) is 12.2 Å². The molecule has 0 bridgehead atoms. The Morgan fingerprint density at radius 1 is 1.64 bits per heavy atom. The minimum atomic E-state index is -2.59. The second-order valence-corrected chi connectivity index (χ2v) is 3.56. The minimum Gasteiger partial charge on any atom is -0.308 e. The number of rotatable bonds is 2. The molecule has 1 heterocycles. The molecule has 4 nitrogen and oxygen atoms in total. The highest BCUT2D eigenvalue weighted by Crippen LogP contribution is 2.05. The van der Waals surface area contributed by atoms with Gasteiger partial charge in [0.05, 0.1) is 6.04 Å². The van der Waals surface area contributed by atoms with Crippen LogP contribution in [-0.2, 0) is 10.9 Å². The molecule has 0 aromatic heterocycles. The Balaban J connectivity index is 2.40. The minimum absolute atomic E-state index is 0.0536. The summed E-state index contributed by atoms with van der Waals surface area (Å²) in [4.78, 5) is 0.388. The number of thiocarbonyl (C=S) groups is 1. The first-order chi connectivity index (χ1) is 5.20. The molecule has 0 spiro atoms. The average molecular weight is 194 g/mol. The summed E-state index contributed by atoms with van der Waals surface area (Å²) >= 11 is 4.83. The molecule has 0 unspecified atom stereocenters. The lowest BCUT2D eigenvalue weighted by Gasteiger charge is -2.09. The highest BCUT2D eigenvalue weighted by Gasteiger charge is 2.18. The van der Waals surface area contributed by atoms with E-state index in [2.05, 4.69) is 10.0 Å². The van der Waals surface area contributed by atoms with Crippen LogP contribution in [0.25, 0.3) is 0 Å². The van der Waals surface area contributed by atoms with Crippen LogP contribution in [0.1, 0.15) is 12.8 Å². The Bertz CT molecular complexity index is 213. The molecule has 1 atom stereocenters. The van der Waals surface area contributed by atoms with Crippen molar-refractivity contribution in [3.05, 3.63) is 0 Å². The van der Waals surface area contributed by atoms with E-state index in [-0.39, 0.29) is 6.04 Å². The maximum absolute atomic E-state index is 10.2. The summed E-state index contributed by atoms with van der Waals surface area (Å²) in [5.41, 5.74) is 0. The molecule has 1 saturated heterocycles. The third-order valence-electron chi connectivity index (χ3n) is 1.58. The van der Waals surface area contributed by atoms with Gasteiger partial charge in [-0.05, 0) is 19.4 Å². The van der Waals surface area contributed by atoms with E-state index in [0.717, 1.165) is 19.4 Å². The van der Waals surface area contributed by atoms with Gasteiger partial charge in [-0.3, -0.25) is 4.72 Å². The smallest absolute Gasteiger partial charge is 0.223 e. The Kier molecular flexibility index (Phi) is 3.22. The largest absolute Gasteiger partial charge is 0.308 e. The maximum Gasteiger partial charge on any atom is 0.223 e. The Labute approximate surface area is 72.4 Å². The zero-order chi connectivity index (χ0) is 8.27. The van der Waals surface area contributed by atoms with Gasteiger partial charge in [-0.2, -0.15) is 0 Å². The zero-order valence-corrected chi connectivity index (χ0v) is 7.58. The lowest BCUT2D eigenvalue weighted by Crippen LogP contribution is -2.38. The first-order valence-electron chi connectivity index (χ1n) is 3.38. The van der Waals surface area contributed by atoms with Crippen molar-refractivity contribution in [2.75, 3.05) is 6.54 Å². The monoisotopic (exact) mass is 194 g/mol. The molecular weight excluding hydrogens is 184 g/mol. The SMILES string of the molecule is O=[SH](=O)NC(=S)[C@@H]1CCCN1. The summed E-state index contributed by atoms with van der Waals surface area (Å²) in [7, 11) is -2.59. The van der Waals surface area contributed by atoms with Crippen molar-refractivity contribution in [3.63, 3.8) is 0 Å². The molecule has 64 valence electrons. The molecular formula is C5H10N2O2S2. The van der Waals surface area contributed by atoms with Crippen LogP contribution >= 0.6 is 12.2 Å². The number of hydrogen-bond acceptors (Lipinski definition) is 4. The second kappa shape index (κ2) is 3.99. The third kappa shape index (κ3) is 2.72. The van der Waals surface area contributed by atoms with Crippen molar-refractivity contribution in [1.29, 1.82) is 0 Å². The van der Waals surface area contributed by atoms with E-state index in [9.17, 15) is 8.42 Å². The van der Waals surface area contributed by atoms with Crippen LogP contribution in [-0.4, -0.2) is 26.0 Å². The average Bonchev–Trinajstić information content (AvgIpc) is 2.35. The highest BCUT2D eigenvalue weighted by atomic mass is 32.2. The molecule has 0 radical (unpaired) electrons. The Morgan fingerprint density at radius 2 is 2.36 bits per heavy atom. The first kappa shape index (κ1) is 8.89. The van der Waals surface area contributed by atoms with E-state index in [1.807, 2.05) is 0 Å². The summed E-state index contributed by atoms with van der Waals surface area (Å²) in [6.07, 6.45) is 1.98. The molecule has 11 heavy (non-hydrogen) atoms. The lowest BCUT2D eigenvalue weighted by molar-refractivity contribution is 0.610. The van der Waals surface area contributed by atoms with Crippen molar-refractivity contribution in [3.8, 4) is 0 Å². The molecule has 0 aliphatic carbocycles. The predicted molar refractivity (Wildman–Crippen MR) is 47.1 cm³/mol. The Morgan fingerprint density at radius 3 is 2.82 bits per heavy atom. The van der Waals surface area contributed by atoms with Crippen LogP contribution in [0.15, 0.2) is 0 Å². The normalized spacial score (nSPS) is 23.9. The zero-order valence-electron chi connectivity index (χ0n) is 5.87. The van der Waals surface area contributed by atoms with E-state index in [4.69, 9.17) is 12.2 Å². The van der Waals surface area contributed by atoms with Gasteiger partial charge in [0.15, 0.2) is 0 Å². The molecule has 1 rings (SSSR count). The summed E-state index contributed by atoms with van der Waals surface area (Å²) in [6.45, 7) is 0.919. The van der Waals surface area contributed by atoms with E-state index < -0.39 is 10.9 Å². The Hall–Kier alpha value is -0.200. The molecule has 0 saturated carbocycles. The van der Waals surface area contributed by atoms with Crippen molar-refractivity contribution < 1.29 is 8.42 Å². The fourth-order valence-corrected chi connectivity index (χ4v) is 1.84. The van der Waals surface area contributed by atoms with Gasteiger partial charge in [0, 0.05) is 0 Å². The van der Waals surface area contributed by atoms with E-state index in [0.29, 0.717) is 4.99 Å². The fourth-order valence-electron chi connectivity index (χ4n) is 1.08. The van der Waals surface area contributed by atoms with Crippen LogP contribution in [0.3, 0.4) is 0 Å². The summed E-state index contributed by atoms with van der Waals surface area (Å²) in [5.74, 6) is 0. The maximum atomic E-state index is 10.2. The van der Waals surface area contributed by atoms with Crippen LogP contribution in [0.5, 0.6) is 0 Å². The van der Waals surface area contributed by atoms with Crippen LogP contribution in [0.4, 0.5) is 0 Å². The predicted octanol–water partition coefficient (Wildman–Crippen LogP) is -0.818. The number of hydrogen-bond donors (Lipinski definition) is 3. The molecule has 1 fully saturated rings. The molecule has 2 N–H and O–H groups in total. The fraction of sp³-hybridized carbons (Fsp3) is 0.800.